The van der Waals surface area contributed by atoms with Gasteiger partial charge in [0.2, 0.25) is 0 Å². The van der Waals surface area contributed by atoms with Crippen LogP contribution in [0.4, 0.5) is 17.1 Å². The van der Waals surface area contributed by atoms with Crippen molar-refractivity contribution in [1.82, 2.24) is 4.98 Å². The van der Waals surface area contributed by atoms with Gasteiger partial charge in [0.15, 0.2) is 0 Å². The molecule has 0 N–H and O–H groups in total. The summed E-state index contributed by atoms with van der Waals surface area (Å²) in [6, 6.07) is 56.8. The fraction of sp³-hybridized carbons (Fsp3) is 0.163. The second kappa shape index (κ2) is 16.2. The van der Waals surface area contributed by atoms with Gasteiger partial charge in [-0.3, -0.25) is 0 Å². The Morgan fingerprint density at radius 1 is 0.745 bits per heavy atom. The monoisotopic (exact) mass is 911 g/mol. The summed E-state index contributed by atoms with van der Waals surface area (Å²) < 4.78 is 6.09. The summed E-state index contributed by atoms with van der Waals surface area (Å²) in [7, 11) is -1.40. The SMILES string of the molecule is CC(C)Cc1cc(-c2[c-]ccc(-c3ccccc3)c2)ncc1[Si](C)(C)C.[Ir+3].[c-]1cc2c(cc1C1[N-]c3ccccc3N1c1ccccc1)oc1ccccc12. The van der Waals surface area contributed by atoms with Crippen LogP contribution in [-0.4, -0.2) is 13.1 Å². The summed E-state index contributed by atoms with van der Waals surface area (Å²) in [5.74, 6) is 0.639. The Bertz CT molecular complexity index is 2540. The summed E-state index contributed by atoms with van der Waals surface area (Å²) in [4.78, 5) is 7.08. The average molecular weight is 911 g/mol. The van der Waals surface area contributed by atoms with Crippen LogP contribution in [-0.2, 0) is 26.5 Å². The summed E-state index contributed by atoms with van der Waals surface area (Å²) in [5.41, 5.74) is 12.0. The third-order valence-electron chi connectivity index (χ3n) is 9.90. The van der Waals surface area contributed by atoms with Crippen molar-refractivity contribution in [1.29, 1.82) is 0 Å². The molecule has 0 saturated heterocycles. The molecule has 274 valence electrons. The first-order chi connectivity index (χ1) is 26.2. The Labute approximate surface area is 339 Å². The molecule has 0 amide bonds. The maximum absolute atomic E-state index is 6.09. The molecule has 3 heterocycles. The molecular formula is C49H44IrN3OSi. The first-order valence-electron chi connectivity index (χ1n) is 18.8. The molecule has 2 aromatic heterocycles. The number of benzene rings is 6. The first-order valence-corrected chi connectivity index (χ1v) is 22.3. The smallest absolute Gasteiger partial charge is 0.661 e. The number of anilines is 2. The van der Waals surface area contributed by atoms with Crippen LogP contribution < -0.4 is 10.1 Å². The maximum atomic E-state index is 6.09. The average Bonchev–Trinajstić information content (AvgIpc) is 3.77. The van der Waals surface area contributed by atoms with Crippen molar-refractivity contribution in [2.24, 2.45) is 5.92 Å². The number of hydrogen-bond acceptors (Lipinski definition) is 3. The van der Waals surface area contributed by atoms with Gasteiger partial charge in [-0.15, -0.1) is 47.1 Å². The number of para-hydroxylation sites is 4. The topological polar surface area (TPSA) is 43.4 Å². The Balaban J connectivity index is 0.000000167. The molecule has 6 aromatic carbocycles. The van der Waals surface area contributed by atoms with Crippen LogP contribution in [0.25, 0.3) is 49.6 Å². The molecule has 9 rings (SSSR count). The van der Waals surface area contributed by atoms with Crippen LogP contribution in [0.5, 0.6) is 0 Å². The van der Waals surface area contributed by atoms with E-state index >= 15 is 0 Å². The third kappa shape index (κ3) is 8.09. The fourth-order valence-corrected chi connectivity index (χ4v) is 8.95. The number of furan rings is 1. The zero-order valence-corrected chi connectivity index (χ0v) is 35.3. The van der Waals surface area contributed by atoms with Crippen LogP contribution in [0, 0.1) is 18.1 Å². The van der Waals surface area contributed by atoms with E-state index in [-0.39, 0.29) is 26.3 Å². The van der Waals surface area contributed by atoms with Gasteiger partial charge in [-0.25, -0.2) is 0 Å². The van der Waals surface area contributed by atoms with Crippen LogP contribution in [0.1, 0.15) is 31.1 Å². The number of aromatic nitrogens is 1. The molecule has 0 saturated carbocycles. The zero-order valence-electron chi connectivity index (χ0n) is 31.9. The van der Waals surface area contributed by atoms with E-state index in [1.807, 2.05) is 48.5 Å². The quantitative estimate of drug-likeness (QED) is 0.118. The molecule has 4 nitrogen and oxygen atoms in total. The summed E-state index contributed by atoms with van der Waals surface area (Å²) in [5, 5.41) is 8.68. The minimum atomic E-state index is -1.40. The number of pyridine rings is 1. The van der Waals surface area contributed by atoms with E-state index in [4.69, 9.17) is 14.7 Å². The van der Waals surface area contributed by atoms with Crippen LogP contribution in [0.3, 0.4) is 0 Å². The van der Waals surface area contributed by atoms with Crippen molar-refractivity contribution >= 4 is 52.3 Å². The molecule has 55 heavy (non-hydrogen) atoms. The summed E-state index contributed by atoms with van der Waals surface area (Å²) in [6.45, 7) is 11.8. The first kappa shape index (κ1) is 38.0. The predicted molar refractivity (Wildman–Crippen MR) is 229 cm³/mol. The van der Waals surface area contributed by atoms with E-state index in [1.165, 1.54) is 21.9 Å². The molecule has 1 aliphatic heterocycles. The van der Waals surface area contributed by atoms with Gasteiger partial charge in [0, 0.05) is 23.2 Å². The molecule has 1 aliphatic rings. The third-order valence-corrected chi connectivity index (χ3v) is 12.0. The van der Waals surface area contributed by atoms with E-state index in [2.05, 4.69) is 154 Å². The van der Waals surface area contributed by atoms with Gasteiger partial charge in [-0.1, -0.05) is 135 Å². The van der Waals surface area contributed by atoms with E-state index in [0.717, 1.165) is 62.2 Å². The fourth-order valence-electron chi connectivity index (χ4n) is 7.36. The second-order valence-corrected chi connectivity index (χ2v) is 20.4. The Kier molecular flexibility index (Phi) is 11.2. The normalized spacial score (nSPS) is 13.6. The number of nitrogens with zero attached hydrogens (tertiary/aromatic N) is 3. The minimum absolute atomic E-state index is 0. The van der Waals surface area contributed by atoms with E-state index in [0.29, 0.717) is 5.92 Å². The number of rotatable bonds is 7. The largest absolute Gasteiger partial charge is 3.00 e. The second-order valence-electron chi connectivity index (χ2n) is 15.4. The molecule has 0 aliphatic carbocycles. The molecule has 1 unspecified atom stereocenters. The maximum Gasteiger partial charge on any atom is 3.00 e. The summed E-state index contributed by atoms with van der Waals surface area (Å²) >= 11 is 0. The van der Waals surface area contributed by atoms with Crippen LogP contribution in [0.2, 0.25) is 19.6 Å². The molecule has 0 fully saturated rings. The van der Waals surface area contributed by atoms with Gasteiger partial charge < -0.3 is 19.6 Å². The van der Waals surface area contributed by atoms with E-state index in [9.17, 15) is 0 Å². The van der Waals surface area contributed by atoms with E-state index in [1.54, 1.807) is 0 Å². The van der Waals surface area contributed by atoms with Crippen molar-refractivity contribution < 1.29 is 24.5 Å². The Morgan fingerprint density at radius 3 is 2.22 bits per heavy atom. The molecule has 6 heteroatoms. The Hall–Kier alpha value is -5.26. The van der Waals surface area contributed by atoms with Crippen molar-refractivity contribution in [3.63, 3.8) is 0 Å². The molecule has 0 radical (unpaired) electrons. The van der Waals surface area contributed by atoms with Gasteiger partial charge in [-0.2, -0.15) is 17.7 Å². The zero-order chi connectivity index (χ0) is 37.2. The van der Waals surface area contributed by atoms with Gasteiger partial charge in [0.05, 0.1) is 8.07 Å². The molecular weight excluding hydrogens is 867 g/mol. The van der Waals surface area contributed by atoms with Crippen LogP contribution in [0.15, 0.2) is 156 Å². The number of hydrogen-bond donors (Lipinski definition) is 0. The Morgan fingerprint density at radius 2 is 1.45 bits per heavy atom. The van der Waals surface area contributed by atoms with Crippen molar-refractivity contribution in [3.05, 3.63) is 180 Å². The molecule has 8 aromatic rings. The summed E-state index contributed by atoms with van der Waals surface area (Å²) in [6.07, 6.45) is 3.06. The van der Waals surface area contributed by atoms with Crippen molar-refractivity contribution in [2.45, 2.75) is 46.1 Å². The van der Waals surface area contributed by atoms with Gasteiger partial charge in [-0.05, 0) is 64.6 Å². The molecule has 1 atom stereocenters. The minimum Gasteiger partial charge on any atom is -0.661 e. The number of fused-ring (bicyclic) bond motifs is 4. The van der Waals surface area contributed by atoms with E-state index < -0.39 is 8.07 Å². The predicted octanol–water partition coefficient (Wildman–Crippen LogP) is 13.2. The molecule has 0 bridgehead atoms. The van der Waals surface area contributed by atoms with Crippen molar-refractivity contribution in [2.75, 3.05) is 4.90 Å². The van der Waals surface area contributed by atoms with Gasteiger partial charge in [0.25, 0.3) is 0 Å². The van der Waals surface area contributed by atoms with Crippen molar-refractivity contribution in [3.8, 4) is 22.4 Å². The van der Waals surface area contributed by atoms with Gasteiger partial charge in [0.1, 0.15) is 5.58 Å². The van der Waals surface area contributed by atoms with Gasteiger partial charge >= 0.3 is 20.1 Å². The van der Waals surface area contributed by atoms with Crippen LogP contribution >= 0.6 is 0 Å². The molecule has 0 spiro atoms. The standard InChI is InChI=1S/C25H16N2O.C24H28NSi.Ir/c1-2-8-18(9-3-1)27-22-12-6-5-11-21(22)26-25(27)17-14-15-20-19-10-4-7-13-23(19)28-24(20)16-17;1-18(2)14-22-16-23(25-17-24(22)26(3,4)5)21-13-9-12-20(15-21)19-10-7-6-8-11-19;/h1-13,15-16,25H;6-12,15-18H,14H2,1-5H3;/q-2;-1;+3.